The molecule has 3 aromatic carbocycles. The van der Waals surface area contributed by atoms with Crippen LogP contribution in [0.25, 0.3) is 0 Å². The first-order valence-corrected chi connectivity index (χ1v) is 18.4. The Morgan fingerprint density at radius 1 is 0.893 bits per heavy atom. The van der Waals surface area contributed by atoms with Crippen LogP contribution in [-0.4, -0.2) is 89.4 Å². The Morgan fingerprint density at radius 3 is 2.29 bits per heavy atom. The number of ketones is 1. The molecule has 0 spiro atoms. The smallest absolute Gasteiger partial charge is 0.341 e. The van der Waals surface area contributed by atoms with Gasteiger partial charge in [-0.1, -0.05) is 60.1 Å². The molecule has 2 heterocycles. The number of nitrogens with one attached hydrogen (secondary N) is 3. The quantitative estimate of drug-likeness (QED) is 0.136. The van der Waals surface area contributed by atoms with Crippen molar-refractivity contribution in [2.45, 2.75) is 56.7 Å². The number of para-hydroxylation sites is 1. The first-order valence-electron chi connectivity index (χ1n) is 17.7. The molecule has 2 aliphatic rings. The lowest BCUT2D eigenvalue weighted by Crippen LogP contribution is -2.64. The zero-order valence-corrected chi connectivity index (χ0v) is 31.6. The number of urea groups is 1. The van der Waals surface area contributed by atoms with Crippen LogP contribution in [0.1, 0.15) is 48.9 Å². The van der Waals surface area contributed by atoms with Gasteiger partial charge < -0.3 is 30.2 Å². The summed E-state index contributed by atoms with van der Waals surface area (Å²) in [6, 6.07) is 15.5. The van der Waals surface area contributed by atoms with E-state index in [1.165, 1.54) is 29.3 Å². The van der Waals surface area contributed by atoms with E-state index in [-0.39, 0.29) is 60.9 Å². The van der Waals surface area contributed by atoms with Crippen molar-refractivity contribution in [1.82, 2.24) is 20.7 Å². The summed E-state index contributed by atoms with van der Waals surface area (Å²) in [5.41, 5.74) is 0.244. The first kappa shape index (κ1) is 41.2. The van der Waals surface area contributed by atoms with Crippen molar-refractivity contribution < 1.29 is 47.8 Å². The lowest BCUT2D eigenvalue weighted by Gasteiger charge is -2.43. The van der Waals surface area contributed by atoms with Crippen LogP contribution in [0.4, 0.5) is 10.5 Å². The molecule has 294 valence electrons. The molecule has 2 aliphatic heterocycles. The van der Waals surface area contributed by atoms with Gasteiger partial charge in [-0.05, 0) is 74.2 Å². The van der Waals surface area contributed by atoms with E-state index in [0.29, 0.717) is 23.6 Å². The number of ether oxygens (including phenoxy) is 3. The van der Waals surface area contributed by atoms with Gasteiger partial charge in [0.05, 0.1) is 21.7 Å². The molecular formula is C39H39Cl2N5O10. The molecule has 0 aromatic heterocycles. The Labute approximate surface area is 332 Å². The molecular weight excluding hydrogens is 769 g/mol. The number of Topliss-reactive ketones (excluding diaryl/α,β-unsaturated/α-hetero) is 1. The van der Waals surface area contributed by atoms with E-state index in [2.05, 4.69) is 22.5 Å². The fourth-order valence-electron chi connectivity index (χ4n) is 6.03. The molecule has 0 aliphatic carbocycles. The Kier molecular flexibility index (Phi) is 14.4. The normalized spacial score (nSPS) is 17.0. The van der Waals surface area contributed by atoms with E-state index in [4.69, 9.17) is 37.4 Å². The van der Waals surface area contributed by atoms with Gasteiger partial charge in [-0.15, -0.1) is 0 Å². The number of carbonyl (C=O) groups excluding carboxylic acids is 7. The largest absolute Gasteiger partial charge is 0.461 e. The number of anilines is 1. The monoisotopic (exact) mass is 807 g/mol. The van der Waals surface area contributed by atoms with Gasteiger partial charge in [-0.2, -0.15) is 0 Å². The number of hydrogen-bond donors (Lipinski definition) is 3. The molecule has 3 N–H and O–H groups in total. The third-order valence-corrected chi connectivity index (χ3v) is 9.41. The average Bonchev–Trinajstić information content (AvgIpc) is 3.30. The summed E-state index contributed by atoms with van der Waals surface area (Å²) < 4.78 is 16.0. The Hall–Kier alpha value is -5.93. The minimum atomic E-state index is -1.38. The highest BCUT2D eigenvalue weighted by Gasteiger charge is 2.45. The van der Waals surface area contributed by atoms with E-state index >= 15 is 0 Å². The molecule has 0 bridgehead atoms. The second-order valence-corrected chi connectivity index (χ2v) is 13.5. The highest BCUT2D eigenvalue weighted by atomic mass is 35.5. The Bertz CT molecular complexity index is 1940. The molecule has 17 heteroatoms. The van der Waals surface area contributed by atoms with Crippen LogP contribution in [0.15, 0.2) is 85.5 Å². The second kappa shape index (κ2) is 19.6. The maximum Gasteiger partial charge on any atom is 0.341 e. The van der Waals surface area contributed by atoms with Crippen LogP contribution >= 0.6 is 23.2 Å². The summed E-state index contributed by atoms with van der Waals surface area (Å²) in [5.74, 6) is -3.23. The molecule has 2 fully saturated rings. The highest BCUT2D eigenvalue weighted by Crippen LogP contribution is 2.27. The molecule has 5 rings (SSSR count). The van der Waals surface area contributed by atoms with Crippen molar-refractivity contribution in [3.8, 4) is 11.5 Å². The molecule has 0 radical (unpaired) electrons. The highest BCUT2D eigenvalue weighted by molar-refractivity contribution is 6.39. The van der Waals surface area contributed by atoms with Crippen molar-refractivity contribution in [2.24, 2.45) is 0 Å². The SMILES string of the molecule is C=CCOC(=O)CC[C@H](NC(=O)[C@@H]1CCCN2C(=O)CC[C@H](NC(=O)Nc3ccc(Oc4ccccc4)cc3)C(=O)N12)C(=O)COC(=O)c1c(Cl)cccc1Cl. The third kappa shape index (κ3) is 10.9. The number of rotatable bonds is 15. The van der Waals surface area contributed by atoms with Crippen molar-refractivity contribution >= 4 is 70.4 Å². The summed E-state index contributed by atoms with van der Waals surface area (Å²) >= 11 is 12.2. The lowest BCUT2D eigenvalue weighted by molar-refractivity contribution is -0.176. The van der Waals surface area contributed by atoms with E-state index in [1.54, 1.807) is 36.4 Å². The topological polar surface area (TPSA) is 190 Å². The average molecular weight is 809 g/mol. The standard InChI is InChI=1S/C39H39Cl2N5O10/c1-2-22-54-34(49)20-18-29(32(47)23-55-38(52)35-27(40)10-6-11-28(35)41)43-36(50)31-12-7-21-45-33(48)19-17-30(37(51)46(31)45)44-39(53)42-24-13-15-26(16-14-24)56-25-8-4-3-5-9-25/h2-6,8-11,13-16,29-31H,1,7,12,17-23H2,(H,43,50)(H2,42,44,53)/t29-,30-,31-/m0/s1. The number of benzene rings is 3. The van der Waals surface area contributed by atoms with Crippen molar-refractivity contribution in [3.63, 3.8) is 0 Å². The molecule has 3 aromatic rings. The van der Waals surface area contributed by atoms with Crippen molar-refractivity contribution in [1.29, 1.82) is 0 Å². The first-order chi connectivity index (χ1) is 26.9. The summed E-state index contributed by atoms with van der Waals surface area (Å²) in [6.07, 6.45) is 1.13. The van der Waals surface area contributed by atoms with E-state index in [9.17, 15) is 33.6 Å². The molecule has 0 unspecified atom stereocenters. The minimum Gasteiger partial charge on any atom is -0.461 e. The molecule has 56 heavy (non-hydrogen) atoms. The van der Waals surface area contributed by atoms with Crippen LogP contribution in [0.3, 0.4) is 0 Å². The van der Waals surface area contributed by atoms with Crippen molar-refractivity contribution in [2.75, 3.05) is 25.1 Å². The summed E-state index contributed by atoms with van der Waals surface area (Å²) in [7, 11) is 0. The maximum absolute atomic E-state index is 14.0. The maximum atomic E-state index is 14.0. The number of esters is 2. The van der Waals surface area contributed by atoms with Crippen LogP contribution in [0, 0.1) is 0 Å². The van der Waals surface area contributed by atoms with E-state index in [0.717, 1.165) is 5.01 Å². The number of carbonyl (C=O) groups is 7. The number of halogens is 2. The number of hydrazine groups is 1. The van der Waals surface area contributed by atoms with Crippen LogP contribution < -0.4 is 20.7 Å². The molecule has 2 saturated heterocycles. The molecule has 3 atom stereocenters. The summed E-state index contributed by atoms with van der Waals surface area (Å²) in [6.45, 7) is 2.72. The van der Waals surface area contributed by atoms with Crippen LogP contribution in [0.2, 0.25) is 10.0 Å². The zero-order chi connectivity index (χ0) is 40.2. The molecule has 0 saturated carbocycles. The van der Waals surface area contributed by atoms with Crippen LogP contribution in [-0.2, 0) is 33.4 Å². The third-order valence-electron chi connectivity index (χ3n) is 8.78. The van der Waals surface area contributed by atoms with Gasteiger partial charge in [-0.25, -0.2) is 14.6 Å². The van der Waals surface area contributed by atoms with Gasteiger partial charge in [0.25, 0.3) is 5.91 Å². The molecule has 5 amide bonds. The Balaban J connectivity index is 1.26. The zero-order valence-electron chi connectivity index (χ0n) is 30.0. The van der Waals surface area contributed by atoms with Gasteiger partial charge >= 0.3 is 18.0 Å². The van der Waals surface area contributed by atoms with Gasteiger partial charge in [-0.3, -0.25) is 29.0 Å². The van der Waals surface area contributed by atoms with E-state index in [1.807, 2.05) is 18.2 Å². The fraction of sp³-hybridized carbons (Fsp3) is 0.308. The van der Waals surface area contributed by atoms with Gasteiger partial charge in [0.2, 0.25) is 11.8 Å². The number of amides is 5. The number of nitrogens with zero attached hydrogens (tertiary/aromatic N) is 2. The summed E-state index contributed by atoms with van der Waals surface area (Å²) in [5, 5.41) is 10.1. The minimum absolute atomic E-state index is 0.00292. The molecule has 15 nitrogen and oxygen atoms in total. The van der Waals surface area contributed by atoms with Gasteiger partial charge in [0, 0.05) is 25.1 Å². The predicted octanol–water partition coefficient (Wildman–Crippen LogP) is 5.22. The number of fused-ring (bicyclic) bond motifs is 1. The van der Waals surface area contributed by atoms with Crippen molar-refractivity contribution in [3.05, 3.63) is 101 Å². The Morgan fingerprint density at radius 2 is 1.59 bits per heavy atom. The number of hydrogen-bond acceptors (Lipinski definition) is 10. The fourth-order valence-corrected chi connectivity index (χ4v) is 6.58. The van der Waals surface area contributed by atoms with Gasteiger partial charge in [0.1, 0.15) is 30.2 Å². The van der Waals surface area contributed by atoms with Gasteiger partial charge in [0.15, 0.2) is 12.4 Å². The second-order valence-electron chi connectivity index (χ2n) is 12.7. The van der Waals surface area contributed by atoms with Crippen LogP contribution in [0.5, 0.6) is 11.5 Å². The van der Waals surface area contributed by atoms with E-state index < -0.39 is 66.2 Å². The predicted molar refractivity (Wildman–Crippen MR) is 204 cm³/mol. The lowest BCUT2D eigenvalue weighted by atomic mass is 10.0. The summed E-state index contributed by atoms with van der Waals surface area (Å²) in [4.78, 5) is 92.8.